The highest BCUT2D eigenvalue weighted by atomic mass is 16.4. The van der Waals surface area contributed by atoms with E-state index >= 15 is 0 Å². The number of hydrogen-bond acceptors (Lipinski definition) is 2. The number of hydrogen-bond donors (Lipinski definition) is 2. The molecule has 86 valence electrons. The molecule has 1 aromatic carbocycles. The van der Waals surface area contributed by atoms with E-state index in [1.165, 1.54) is 12.8 Å². The fourth-order valence-corrected chi connectivity index (χ4v) is 2.22. The van der Waals surface area contributed by atoms with Gasteiger partial charge in [-0.25, -0.2) is 4.79 Å². The van der Waals surface area contributed by atoms with Crippen LogP contribution in [-0.4, -0.2) is 17.6 Å². The van der Waals surface area contributed by atoms with Crippen molar-refractivity contribution in [3.05, 3.63) is 34.9 Å². The Kier molecular flexibility index (Phi) is 3.25. The summed E-state index contributed by atoms with van der Waals surface area (Å²) in [5.74, 6) is -0.838. The maximum Gasteiger partial charge on any atom is 0.335 e. The molecule has 0 spiro atoms. The third-order valence-electron chi connectivity index (χ3n) is 3.20. The van der Waals surface area contributed by atoms with Crippen LogP contribution in [0.4, 0.5) is 0 Å². The summed E-state index contributed by atoms with van der Waals surface area (Å²) >= 11 is 0. The first-order valence-corrected chi connectivity index (χ1v) is 5.75. The van der Waals surface area contributed by atoms with E-state index in [-0.39, 0.29) is 0 Å². The number of aromatic carboxylic acids is 1. The molecule has 1 aliphatic heterocycles. The van der Waals surface area contributed by atoms with Crippen molar-refractivity contribution in [1.82, 2.24) is 5.32 Å². The maximum absolute atomic E-state index is 11.0. The lowest BCUT2D eigenvalue weighted by molar-refractivity contribution is 0.0696. The average Bonchev–Trinajstić information content (AvgIpc) is 2.30. The Balaban J connectivity index is 2.27. The van der Waals surface area contributed by atoms with Gasteiger partial charge in [0.1, 0.15) is 0 Å². The van der Waals surface area contributed by atoms with Gasteiger partial charge in [0.05, 0.1) is 5.56 Å². The lowest BCUT2D eigenvalue weighted by Gasteiger charge is -2.24. The topological polar surface area (TPSA) is 49.3 Å². The van der Waals surface area contributed by atoms with Crippen LogP contribution in [0.2, 0.25) is 0 Å². The monoisotopic (exact) mass is 219 g/mol. The molecule has 2 N–H and O–H groups in total. The van der Waals surface area contributed by atoms with Crippen LogP contribution in [0.5, 0.6) is 0 Å². The highest BCUT2D eigenvalue weighted by molar-refractivity contribution is 5.89. The smallest absolute Gasteiger partial charge is 0.335 e. The fraction of sp³-hybridized carbons (Fsp3) is 0.462. The van der Waals surface area contributed by atoms with Crippen molar-refractivity contribution in [3.8, 4) is 0 Å². The Labute approximate surface area is 95.5 Å². The van der Waals surface area contributed by atoms with Crippen molar-refractivity contribution < 1.29 is 9.90 Å². The molecular weight excluding hydrogens is 202 g/mol. The van der Waals surface area contributed by atoms with Gasteiger partial charge in [0, 0.05) is 6.04 Å². The molecule has 1 saturated heterocycles. The van der Waals surface area contributed by atoms with Gasteiger partial charge in [-0.1, -0.05) is 18.6 Å². The summed E-state index contributed by atoms with van der Waals surface area (Å²) in [6.07, 6.45) is 3.53. The number of carboxylic acids is 1. The highest BCUT2D eigenvalue weighted by Crippen LogP contribution is 2.24. The second kappa shape index (κ2) is 4.66. The van der Waals surface area contributed by atoms with Gasteiger partial charge in [-0.05, 0) is 43.5 Å². The molecule has 1 aromatic rings. The summed E-state index contributed by atoms with van der Waals surface area (Å²) in [6, 6.07) is 6.06. The summed E-state index contributed by atoms with van der Waals surface area (Å²) in [5, 5.41) is 12.5. The predicted molar refractivity (Wildman–Crippen MR) is 62.7 cm³/mol. The molecule has 0 aliphatic carbocycles. The van der Waals surface area contributed by atoms with Crippen LogP contribution in [0, 0.1) is 6.92 Å². The Hall–Kier alpha value is -1.35. The number of carbonyl (C=O) groups is 1. The van der Waals surface area contributed by atoms with Crippen LogP contribution in [-0.2, 0) is 0 Å². The molecule has 3 nitrogen and oxygen atoms in total. The fourth-order valence-electron chi connectivity index (χ4n) is 2.22. The average molecular weight is 219 g/mol. The first kappa shape index (κ1) is 11.1. The summed E-state index contributed by atoms with van der Waals surface area (Å²) < 4.78 is 0. The number of aryl methyl sites for hydroxylation is 1. The van der Waals surface area contributed by atoms with Gasteiger partial charge in [0.15, 0.2) is 0 Å². The van der Waals surface area contributed by atoms with E-state index < -0.39 is 5.97 Å². The van der Waals surface area contributed by atoms with Gasteiger partial charge in [0.2, 0.25) is 0 Å². The van der Waals surface area contributed by atoms with Crippen molar-refractivity contribution >= 4 is 5.97 Å². The van der Waals surface area contributed by atoms with Gasteiger partial charge in [-0.3, -0.25) is 0 Å². The zero-order valence-electron chi connectivity index (χ0n) is 9.49. The Morgan fingerprint density at radius 1 is 1.44 bits per heavy atom. The third-order valence-corrected chi connectivity index (χ3v) is 3.20. The standard InChI is InChI=1S/C13H17NO2/c1-9-5-6-10(8-11(9)13(15)16)12-4-2-3-7-14-12/h5-6,8,12,14H,2-4,7H2,1H3,(H,15,16). The van der Waals surface area contributed by atoms with E-state index in [1.54, 1.807) is 6.07 Å². The predicted octanol–water partition coefficient (Wildman–Crippen LogP) is 2.51. The van der Waals surface area contributed by atoms with E-state index in [0.29, 0.717) is 11.6 Å². The van der Waals surface area contributed by atoms with Crippen molar-refractivity contribution in [1.29, 1.82) is 0 Å². The molecule has 1 heterocycles. The van der Waals surface area contributed by atoms with Gasteiger partial charge >= 0.3 is 5.97 Å². The number of piperidine rings is 1. The number of carboxylic acid groups (broad SMARTS) is 1. The van der Waals surface area contributed by atoms with E-state index in [9.17, 15) is 4.79 Å². The molecule has 0 amide bonds. The Morgan fingerprint density at radius 2 is 2.25 bits per heavy atom. The van der Waals surface area contributed by atoms with Crippen LogP contribution in [0.15, 0.2) is 18.2 Å². The molecule has 2 rings (SSSR count). The molecule has 0 aromatic heterocycles. The van der Waals surface area contributed by atoms with Gasteiger partial charge in [-0.15, -0.1) is 0 Å². The Morgan fingerprint density at radius 3 is 2.88 bits per heavy atom. The molecule has 16 heavy (non-hydrogen) atoms. The molecule has 0 radical (unpaired) electrons. The van der Waals surface area contributed by atoms with E-state index in [1.807, 2.05) is 19.1 Å². The number of benzene rings is 1. The van der Waals surface area contributed by atoms with E-state index in [2.05, 4.69) is 5.32 Å². The van der Waals surface area contributed by atoms with Gasteiger partial charge in [0.25, 0.3) is 0 Å². The van der Waals surface area contributed by atoms with Crippen LogP contribution in [0.3, 0.4) is 0 Å². The summed E-state index contributed by atoms with van der Waals surface area (Å²) in [7, 11) is 0. The highest BCUT2D eigenvalue weighted by Gasteiger charge is 2.16. The molecule has 1 atom stereocenters. The van der Waals surface area contributed by atoms with Crippen molar-refractivity contribution in [3.63, 3.8) is 0 Å². The minimum atomic E-state index is -0.838. The molecule has 0 saturated carbocycles. The van der Waals surface area contributed by atoms with Crippen LogP contribution < -0.4 is 5.32 Å². The lowest BCUT2D eigenvalue weighted by Crippen LogP contribution is -2.26. The molecule has 0 bridgehead atoms. The minimum absolute atomic E-state index is 0.326. The van der Waals surface area contributed by atoms with Crippen LogP contribution >= 0.6 is 0 Å². The first-order valence-electron chi connectivity index (χ1n) is 5.75. The van der Waals surface area contributed by atoms with Gasteiger partial charge < -0.3 is 10.4 Å². The number of rotatable bonds is 2. The van der Waals surface area contributed by atoms with Crippen LogP contribution in [0.25, 0.3) is 0 Å². The Bertz CT molecular complexity index is 395. The third kappa shape index (κ3) is 2.25. The SMILES string of the molecule is Cc1ccc(C2CCCCN2)cc1C(=O)O. The normalized spacial score (nSPS) is 20.7. The second-order valence-corrected chi connectivity index (χ2v) is 4.38. The summed E-state index contributed by atoms with van der Waals surface area (Å²) in [6.45, 7) is 2.86. The maximum atomic E-state index is 11.0. The van der Waals surface area contributed by atoms with Gasteiger partial charge in [-0.2, -0.15) is 0 Å². The zero-order valence-corrected chi connectivity index (χ0v) is 9.49. The molecular formula is C13H17NO2. The number of nitrogens with one attached hydrogen (secondary N) is 1. The van der Waals surface area contributed by atoms with Crippen molar-refractivity contribution in [2.24, 2.45) is 0 Å². The van der Waals surface area contributed by atoms with E-state index in [0.717, 1.165) is 24.1 Å². The first-order chi connectivity index (χ1) is 7.68. The van der Waals surface area contributed by atoms with Crippen molar-refractivity contribution in [2.45, 2.75) is 32.2 Å². The largest absolute Gasteiger partial charge is 0.478 e. The van der Waals surface area contributed by atoms with E-state index in [4.69, 9.17) is 5.11 Å². The quantitative estimate of drug-likeness (QED) is 0.803. The molecule has 1 fully saturated rings. The molecule has 1 aliphatic rings. The van der Waals surface area contributed by atoms with Crippen molar-refractivity contribution in [2.75, 3.05) is 6.54 Å². The lowest BCUT2D eigenvalue weighted by atomic mass is 9.94. The second-order valence-electron chi connectivity index (χ2n) is 4.38. The minimum Gasteiger partial charge on any atom is -0.478 e. The van der Waals surface area contributed by atoms with Crippen LogP contribution in [0.1, 0.15) is 46.8 Å². The molecule has 1 unspecified atom stereocenters. The summed E-state index contributed by atoms with van der Waals surface area (Å²) in [4.78, 5) is 11.0. The zero-order chi connectivity index (χ0) is 11.5. The summed E-state index contributed by atoms with van der Waals surface area (Å²) in [5.41, 5.74) is 2.35. The molecule has 3 heteroatoms.